The number of fused-ring (bicyclic) bond motifs is 2. The Morgan fingerprint density at radius 3 is 3.00 bits per heavy atom. The van der Waals surface area contributed by atoms with E-state index in [9.17, 15) is 0 Å². The number of likely N-dealkylation sites (N-methyl/N-ethyl adjacent to an activating group) is 1. The molecular weight excluding hydrogens is 248 g/mol. The third-order valence-corrected chi connectivity index (χ3v) is 4.68. The van der Waals surface area contributed by atoms with E-state index in [4.69, 9.17) is 17.3 Å². The average Bonchev–Trinajstić information content (AvgIpc) is 2.36. The van der Waals surface area contributed by atoms with Gasteiger partial charge >= 0.3 is 0 Å². The van der Waals surface area contributed by atoms with E-state index in [1.54, 1.807) is 0 Å². The van der Waals surface area contributed by atoms with Crippen LogP contribution in [0.5, 0.6) is 0 Å². The summed E-state index contributed by atoms with van der Waals surface area (Å²) in [5.41, 5.74) is 7.88. The van der Waals surface area contributed by atoms with Crippen molar-refractivity contribution in [3.05, 3.63) is 16.4 Å². The zero-order valence-electron chi connectivity index (χ0n) is 10.7. The zero-order valence-corrected chi connectivity index (χ0v) is 11.5. The van der Waals surface area contributed by atoms with E-state index in [1.807, 2.05) is 0 Å². The van der Waals surface area contributed by atoms with Gasteiger partial charge in [0, 0.05) is 11.6 Å². The van der Waals surface area contributed by atoms with Crippen molar-refractivity contribution >= 4 is 17.5 Å². The third-order valence-electron chi connectivity index (χ3n) is 4.37. The van der Waals surface area contributed by atoms with Crippen LogP contribution < -0.4 is 5.73 Å². The summed E-state index contributed by atoms with van der Waals surface area (Å²) in [4.78, 5) is 11.0. The van der Waals surface area contributed by atoms with Gasteiger partial charge in [0.2, 0.25) is 5.95 Å². The predicted molar refractivity (Wildman–Crippen MR) is 72.6 cm³/mol. The maximum absolute atomic E-state index is 6.22. The number of halogens is 1. The van der Waals surface area contributed by atoms with Crippen molar-refractivity contribution in [1.29, 1.82) is 0 Å². The molecule has 1 aromatic heterocycles. The Kier molecular flexibility index (Phi) is 3.16. The minimum atomic E-state index is 0.306. The first kappa shape index (κ1) is 12.2. The number of rotatable bonds is 1. The maximum atomic E-state index is 6.22. The standard InChI is InChI=1S/C13H19ClN4/c1-2-18-5-3-4-8-6-10-9(7-11(8)18)12(14)17-13(15)16-10/h8,11H,2-7H2,1H3,(H2,15,16,17)/t8-,11-/m1/s1. The molecule has 2 atom stereocenters. The first-order valence-corrected chi connectivity index (χ1v) is 7.11. The molecule has 1 aliphatic carbocycles. The van der Waals surface area contributed by atoms with Crippen molar-refractivity contribution < 1.29 is 0 Å². The van der Waals surface area contributed by atoms with Gasteiger partial charge in [-0.3, -0.25) is 0 Å². The Labute approximate surface area is 113 Å². The summed E-state index contributed by atoms with van der Waals surface area (Å²) in [5.74, 6) is 1.01. The molecule has 4 nitrogen and oxygen atoms in total. The highest BCUT2D eigenvalue weighted by molar-refractivity contribution is 6.30. The predicted octanol–water partition coefficient (Wildman–Crippen LogP) is 1.91. The van der Waals surface area contributed by atoms with Crippen LogP contribution in [0.4, 0.5) is 5.95 Å². The van der Waals surface area contributed by atoms with Crippen molar-refractivity contribution in [2.75, 3.05) is 18.8 Å². The molecule has 0 amide bonds. The van der Waals surface area contributed by atoms with Crippen molar-refractivity contribution in [2.45, 2.75) is 38.6 Å². The fraction of sp³-hybridized carbons (Fsp3) is 0.692. The molecule has 1 aromatic rings. The lowest BCUT2D eigenvalue weighted by molar-refractivity contribution is 0.0899. The van der Waals surface area contributed by atoms with E-state index in [2.05, 4.69) is 21.8 Å². The lowest BCUT2D eigenvalue weighted by Gasteiger charge is -2.44. The summed E-state index contributed by atoms with van der Waals surface area (Å²) in [5, 5.41) is 0.553. The minimum absolute atomic E-state index is 0.306. The van der Waals surface area contributed by atoms with Crippen molar-refractivity contribution in [3.8, 4) is 0 Å². The van der Waals surface area contributed by atoms with Gasteiger partial charge in [-0.15, -0.1) is 0 Å². The fourth-order valence-corrected chi connectivity index (χ4v) is 3.76. The molecule has 5 heteroatoms. The molecule has 2 N–H and O–H groups in total. The average molecular weight is 267 g/mol. The molecule has 0 spiro atoms. The van der Waals surface area contributed by atoms with Crippen molar-refractivity contribution in [2.24, 2.45) is 5.92 Å². The topological polar surface area (TPSA) is 55.0 Å². The lowest BCUT2D eigenvalue weighted by atomic mass is 9.77. The van der Waals surface area contributed by atoms with Crippen LogP contribution in [0.25, 0.3) is 0 Å². The second-order valence-electron chi connectivity index (χ2n) is 5.30. The molecule has 0 unspecified atom stereocenters. The van der Waals surface area contributed by atoms with E-state index >= 15 is 0 Å². The van der Waals surface area contributed by atoms with E-state index in [1.165, 1.54) is 19.4 Å². The molecule has 0 aromatic carbocycles. The number of piperidine rings is 1. The summed E-state index contributed by atoms with van der Waals surface area (Å²) in [6.07, 6.45) is 4.57. The van der Waals surface area contributed by atoms with Crippen molar-refractivity contribution in [3.63, 3.8) is 0 Å². The molecule has 0 bridgehead atoms. The highest BCUT2D eigenvalue weighted by atomic mass is 35.5. The molecule has 0 radical (unpaired) electrons. The Balaban J connectivity index is 1.96. The minimum Gasteiger partial charge on any atom is -0.368 e. The first-order chi connectivity index (χ1) is 8.69. The molecule has 98 valence electrons. The van der Waals surface area contributed by atoms with E-state index in [-0.39, 0.29) is 0 Å². The zero-order chi connectivity index (χ0) is 12.7. The normalized spacial score (nSPS) is 27.7. The highest BCUT2D eigenvalue weighted by Gasteiger charge is 2.36. The van der Waals surface area contributed by atoms with Crippen LogP contribution in [0.15, 0.2) is 0 Å². The van der Waals surface area contributed by atoms with Gasteiger partial charge in [-0.05, 0) is 44.7 Å². The number of likely N-dealkylation sites (tertiary alicyclic amines) is 1. The second kappa shape index (κ2) is 4.67. The number of aromatic nitrogens is 2. The smallest absolute Gasteiger partial charge is 0.221 e. The molecule has 1 saturated heterocycles. The SMILES string of the molecule is CCN1CCC[C@@H]2Cc3nc(N)nc(Cl)c3C[C@H]21. The maximum Gasteiger partial charge on any atom is 0.221 e. The van der Waals surface area contributed by atoms with Gasteiger partial charge < -0.3 is 10.6 Å². The number of anilines is 1. The summed E-state index contributed by atoms with van der Waals surface area (Å²) >= 11 is 6.22. The Morgan fingerprint density at radius 2 is 2.22 bits per heavy atom. The second-order valence-corrected chi connectivity index (χ2v) is 5.66. The number of hydrogen-bond donors (Lipinski definition) is 1. The molecule has 1 aliphatic heterocycles. The summed E-state index contributed by atoms with van der Waals surface area (Å²) < 4.78 is 0. The van der Waals surface area contributed by atoms with Crippen LogP contribution in [0.1, 0.15) is 31.0 Å². The van der Waals surface area contributed by atoms with E-state index < -0.39 is 0 Å². The van der Waals surface area contributed by atoms with Crippen LogP contribution in [-0.2, 0) is 12.8 Å². The monoisotopic (exact) mass is 266 g/mol. The molecule has 0 saturated carbocycles. The Hall–Kier alpha value is -0.870. The first-order valence-electron chi connectivity index (χ1n) is 6.74. The lowest BCUT2D eigenvalue weighted by Crippen LogP contribution is -2.49. The number of nitrogen functional groups attached to an aromatic ring is 1. The van der Waals surface area contributed by atoms with Crippen molar-refractivity contribution in [1.82, 2.24) is 14.9 Å². The summed E-state index contributed by atoms with van der Waals surface area (Å²) in [6.45, 7) is 4.56. The molecule has 18 heavy (non-hydrogen) atoms. The van der Waals surface area contributed by atoms with Crippen LogP contribution >= 0.6 is 11.6 Å². The van der Waals surface area contributed by atoms with Gasteiger partial charge in [-0.2, -0.15) is 0 Å². The Morgan fingerprint density at radius 1 is 1.39 bits per heavy atom. The third kappa shape index (κ3) is 1.97. The molecule has 2 aliphatic rings. The number of nitrogens with zero attached hydrogens (tertiary/aromatic N) is 3. The van der Waals surface area contributed by atoms with Gasteiger partial charge in [0.05, 0.1) is 5.69 Å². The van der Waals surface area contributed by atoms with Crippen LogP contribution in [0.3, 0.4) is 0 Å². The Bertz CT molecular complexity index is 463. The quantitative estimate of drug-likeness (QED) is 0.789. The number of hydrogen-bond acceptors (Lipinski definition) is 4. The molecular formula is C13H19ClN4. The van der Waals surface area contributed by atoms with E-state index in [0.29, 0.717) is 23.1 Å². The number of nitrogens with two attached hydrogens (primary N) is 1. The van der Waals surface area contributed by atoms with Gasteiger partial charge in [0.1, 0.15) is 5.15 Å². The highest BCUT2D eigenvalue weighted by Crippen LogP contribution is 2.36. The summed E-state index contributed by atoms with van der Waals surface area (Å²) in [6, 6.07) is 0.612. The van der Waals surface area contributed by atoms with E-state index in [0.717, 1.165) is 30.6 Å². The molecule has 1 fully saturated rings. The molecule has 3 rings (SSSR count). The van der Waals surface area contributed by atoms with Gasteiger partial charge in [-0.1, -0.05) is 18.5 Å². The fourth-order valence-electron chi connectivity index (χ4n) is 3.49. The van der Waals surface area contributed by atoms with Gasteiger partial charge in [0.25, 0.3) is 0 Å². The van der Waals surface area contributed by atoms with Crippen LogP contribution in [-0.4, -0.2) is 34.0 Å². The largest absolute Gasteiger partial charge is 0.368 e. The summed E-state index contributed by atoms with van der Waals surface area (Å²) in [7, 11) is 0. The molecule has 2 heterocycles. The van der Waals surface area contributed by atoms with Gasteiger partial charge in [-0.25, -0.2) is 9.97 Å². The van der Waals surface area contributed by atoms with Crippen LogP contribution in [0, 0.1) is 5.92 Å². The van der Waals surface area contributed by atoms with Gasteiger partial charge in [0.15, 0.2) is 0 Å². The van der Waals surface area contributed by atoms with Crippen LogP contribution in [0.2, 0.25) is 5.15 Å².